The summed E-state index contributed by atoms with van der Waals surface area (Å²) in [5.74, 6) is -2.14. The van der Waals surface area contributed by atoms with E-state index in [0.29, 0.717) is 97.2 Å². The number of hydrogen-bond donors (Lipinski definition) is 3. The van der Waals surface area contributed by atoms with Crippen LogP contribution in [0, 0.1) is 0 Å². The molecule has 7 rings (SSSR count). The van der Waals surface area contributed by atoms with Crippen LogP contribution < -0.4 is 49.1 Å². The molecule has 416 valence electrons. The van der Waals surface area contributed by atoms with Gasteiger partial charge in [-0.25, -0.2) is 4.79 Å². The van der Waals surface area contributed by atoms with Crippen LogP contribution in [0.1, 0.15) is 114 Å². The number of hydrogen-bond acceptors (Lipinski definition) is 16. The third kappa shape index (κ3) is 13.6. The Hall–Kier alpha value is -8.36. The zero-order chi connectivity index (χ0) is 55.9. The number of aryl methyl sites for hydroxylation is 1. The van der Waals surface area contributed by atoms with Gasteiger partial charge in [0.1, 0.15) is 29.7 Å². The molecule has 7 amide bonds. The Morgan fingerprint density at radius 3 is 2.03 bits per heavy atom. The number of esters is 1. The average molecular weight is 1080 g/mol. The molecule has 0 aromatic heterocycles. The fourth-order valence-electron chi connectivity index (χ4n) is 9.85. The summed E-state index contributed by atoms with van der Waals surface area (Å²) in [6, 6.07) is 18.5. The Bertz CT molecular complexity index is 2850. The molecule has 0 bridgehead atoms. The van der Waals surface area contributed by atoms with E-state index in [1.54, 1.807) is 49.5 Å². The first-order chi connectivity index (χ1) is 37.7. The highest BCUT2D eigenvalue weighted by Crippen LogP contribution is 2.42. The third-order valence-corrected chi connectivity index (χ3v) is 13.9. The molecule has 2 saturated heterocycles. The number of fused-ring (bicyclic) bond motifs is 1. The van der Waals surface area contributed by atoms with Gasteiger partial charge in [0.25, 0.3) is 23.6 Å². The summed E-state index contributed by atoms with van der Waals surface area (Å²) in [4.78, 5) is 108. The molecule has 0 spiro atoms. The number of benzene rings is 4. The first-order valence-electron chi connectivity index (χ1n) is 26.0. The molecule has 0 aliphatic carbocycles. The van der Waals surface area contributed by atoms with Gasteiger partial charge in [-0.2, -0.15) is 0 Å². The molecule has 78 heavy (non-hydrogen) atoms. The molecular formula is C57H67N5O16. The van der Waals surface area contributed by atoms with E-state index >= 15 is 0 Å². The highest BCUT2D eigenvalue weighted by Gasteiger charge is 2.46. The predicted octanol–water partition coefficient (Wildman–Crippen LogP) is 5.39. The summed E-state index contributed by atoms with van der Waals surface area (Å²) >= 11 is 0. The number of piperidine rings is 2. The molecular weight excluding hydrogens is 1010 g/mol. The second-order valence-electron chi connectivity index (χ2n) is 18.8. The van der Waals surface area contributed by atoms with Crippen molar-refractivity contribution in [2.75, 3.05) is 68.4 Å². The maximum atomic E-state index is 14.5. The number of rotatable bonds is 26. The van der Waals surface area contributed by atoms with Crippen LogP contribution in [0.4, 0.5) is 0 Å². The van der Waals surface area contributed by atoms with E-state index in [9.17, 15) is 38.4 Å². The number of likely N-dealkylation sites (tertiary alicyclic amines) is 1. The Morgan fingerprint density at radius 1 is 0.692 bits per heavy atom. The molecule has 2 fully saturated rings. The monoisotopic (exact) mass is 1080 g/mol. The lowest BCUT2D eigenvalue weighted by atomic mass is 9.91. The van der Waals surface area contributed by atoms with E-state index in [2.05, 4.69) is 16.0 Å². The molecule has 0 saturated carbocycles. The second-order valence-corrected chi connectivity index (χ2v) is 18.8. The van der Waals surface area contributed by atoms with Gasteiger partial charge >= 0.3 is 5.97 Å². The van der Waals surface area contributed by atoms with Crippen molar-refractivity contribution >= 4 is 47.3 Å². The number of amides is 7. The van der Waals surface area contributed by atoms with Gasteiger partial charge < -0.3 is 53.4 Å². The molecule has 3 heterocycles. The number of imide groups is 2. The van der Waals surface area contributed by atoms with Crippen molar-refractivity contribution in [1.82, 2.24) is 25.8 Å². The number of methoxy groups -OCH3 is 5. The summed E-state index contributed by atoms with van der Waals surface area (Å²) in [6.07, 6.45) is 3.37. The molecule has 3 N–H and O–H groups in total. The van der Waals surface area contributed by atoms with Gasteiger partial charge in [0, 0.05) is 26.1 Å². The van der Waals surface area contributed by atoms with Gasteiger partial charge in [0.15, 0.2) is 36.2 Å². The lowest BCUT2D eigenvalue weighted by Crippen LogP contribution is -2.54. The smallest absolute Gasteiger partial charge is 0.329 e. The van der Waals surface area contributed by atoms with Crippen LogP contribution in [-0.4, -0.2) is 138 Å². The second kappa shape index (κ2) is 27.1. The van der Waals surface area contributed by atoms with Crippen molar-refractivity contribution in [3.05, 3.63) is 101 Å². The molecule has 3 aliphatic rings. The van der Waals surface area contributed by atoms with Crippen LogP contribution >= 0.6 is 0 Å². The molecule has 3 aliphatic heterocycles. The first kappa shape index (κ1) is 57.3. The van der Waals surface area contributed by atoms with Crippen LogP contribution in [-0.2, 0) is 39.9 Å². The maximum Gasteiger partial charge on any atom is 0.329 e. The lowest BCUT2D eigenvalue weighted by molar-refractivity contribution is -0.162. The molecule has 0 radical (unpaired) electrons. The number of ether oxygens (including phenoxy) is 8. The minimum absolute atomic E-state index is 0.00385. The highest BCUT2D eigenvalue weighted by atomic mass is 16.5. The average Bonchev–Trinajstić information content (AvgIpc) is 3.77. The van der Waals surface area contributed by atoms with Gasteiger partial charge in [0.05, 0.1) is 52.6 Å². The molecule has 4 aromatic carbocycles. The topological polar surface area (TPSA) is 253 Å². The van der Waals surface area contributed by atoms with Crippen molar-refractivity contribution < 1.29 is 76.3 Å². The van der Waals surface area contributed by atoms with Crippen LogP contribution in [0.3, 0.4) is 0 Å². The van der Waals surface area contributed by atoms with Gasteiger partial charge in [-0.3, -0.25) is 43.8 Å². The Labute approximate surface area is 452 Å². The summed E-state index contributed by atoms with van der Waals surface area (Å²) in [7, 11) is 7.66. The van der Waals surface area contributed by atoms with Crippen molar-refractivity contribution in [1.29, 1.82) is 0 Å². The third-order valence-electron chi connectivity index (χ3n) is 13.9. The van der Waals surface area contributed by atoms with Gasteiger partial charge in [-0.1, -0.05) is 31.2 Å². The van der Waals surface area contributed by atoms with E-state index in [0.717, 1.165) is 23.3 Å². The fraction of sp³-hybridized carbons (Fsp3) is 0.439. The molecule has 21 nitrogen and oxygen atoms in total. The van der Waals surface area contributed by atoms with E-state index in [1.807, 2.05) is 31.2 Å². The van der Waals surface area contributed by atoms with E-state index < -0.39 is 66.2 Å². The zero-order valence-corrected chi connectivity index (χ0v) is 44.8. The van der Waals surface area contributed by atoms with E-state index in [4.69, 9.17) is 37.9 Å². The van der Waals surface area contributed by atoms with Crippen molar-refractivity contribution in [2.24, 2.45) is 0 Å². The van der Waals surface area contributed by atoms with Gasteiger partial charge in [0.2, 0.25) is 23.5 Å². The normalized spacial score (nSPS) is 16.7. The SMILES string of the molecule is CC[C@H](C(=O)N1CCCC[C@H]1C(=O)O[C@H](CCc1ccc(OC)c(OC)c1)c1cccc(OCC(=O)NCCCCNC(=O)COc2cccc3c2C(=O)N(C2CCC(=O)NC2=O)C3=O)c1)c1cc(OC)c(OC)c(OC)c1. The molecule has 4 atom stereocenters. The summed E-state index contributed by atoms with van der Waals surface area (Å²) in [5.41, 5.74) is 2.17. The highest BCUT2D eigenvalue weighted by molar-refractivity contribution is 6.24. The Balaban J connectivity index is 0.920. The summed E-state index contributed by atoms with van der Waals surface area (Å²) < 4.78 is 45.7. The van der Waals surface area contributed by atoms with Crippen molar-refractivity contribution in [2.45, 2.75) is 95.2 Å². The molecule has 21 heteroatoms. The van der Waals surface area contributed by atoms with Crippen LogP contribution in [0.15, 0.2) is 72.8 Å². The predicted molar refractivity (Wildman–Crippen MR) is 281 cm³/mol. The maximum absolute atomic E-state index is 14.5. The number of carbonyl (C=O) groups is 8. The number of nitrogens with zero attached hydrogens (tertiary/aromatic N) is 2. The van der Waals surface area contributed by atoms with Crippen LogP contribution in [0.5, 0.6) is 40.2 Å². The number of unbranched alkanes of at least 4 members (excludes halogenated alkanes) is 1. The summed E-state index contributed by atoms with van der Waals surface area (Å²) in [6.45, 7) is 2.08. The fourth-order valence-corrected chi connectivity index (χ4v) is 9.85. The summed E-state index contributed by atoms with van der Waals surface area (Å²) in [5, 5.41) is 7.70. The standard InChI is InChI=1S/C57H67N5O16/c1-7-38(36-30-46(73-4)52(75-6)47(31-36)74-5)54(67)61-27-11-8-17-41(61)57(70)78-42(22-19-34-20-23-43(71-2)45(28-34)72-3)35-14-12-15-37(29-35)76-32-49(64)58-25-9-10-26-59-50(65)33-77-44-18-13-16-39-51(44)56(69)62(55(39)68)40-21-24-48(63)60-53(40)66/h12-16,18,20,23,28-31,38,40-42H,7-11,17,19,21-22,24-27,32-33H2,1-6H3,(H,58,64)(H,59,65)(H,60,63,66)/t38-,40?,41-,42+/m0/s1. The minimum Gasteiger partial charge on any atom is -0.493 e. The van der Waals surface area contributed by atoms with Crippen LogP contribution in [0.2, 0.25) is 0 Å². The van der Waals surface area contributed by atoms with E-state index in [-0.39, 0.29) is 54.7 Å². The quantitative estimate of drug-likeness (QED) is 0.0405. The molecule has 1 unspecified atom stereocenters. The molecule has 4 aromatic rings. The Morgan fingerprint density at radius 2 is 1.37 bits per heavy atom. The zero-order valence-electron chi connectivity index (χ0n) is 44.8. The minimum atomic E-state index is -1.14. The number of nitrogens with one attached hydrogen (secondary N) is 3. The lowest BCUT2D eigenvalue weighted by Gasteiger charge is -2.37. The first-order valence-corrected chi connectivity index (χ1v) is 26.0. The van der Waals surface area contributed by atoms with Crippen LogP contribution in [0.25, 0.3) is 0 Å². The Kier molecular flexibility index (Phi) is 19.9. The van der Waals surface area contributed by atoms with Gasteiger partial charge in [-0.15, -0.1) is 0 Å². The largest absolute Gasteiger partial charge is 0.493 e. The van der Waals surface area contributed by atoms with Crippen molar-refractivity contribution in [3.8, 4) is 40.2 Å². The van der Waals surface area contributed by atoms with Gasteiger partial charge in [-0.05, 0) is 123 Å². The van der Waals surface area contributed by atoms with Crippen molar-refractivity contribution in [3.63, 3.8) is 0 Å². The van der Waals surface area contributed by atoms with E-state index in [1.165, 1.54) is 39.5 Å². The number of carbonyl (C=O) groups excluding carboxylic acids is 8.